The van der Waals surface area contributed by atoms with E-state index in [2.05, 4.69) is 13.8 Å². The van der Waals surface area contributed by atoms with E-state index in [0.717, 1.165) is 18.1 Å². The molecule has 0 N–H and O–H groups in total. The number of hydrogen-bond donors (Lipinski definition) is 0. The Balaban J connectivity index is 3.40. The van der Waals surface area contributed by atoms with Crippen LogP contribution in [-0.2, 0) is 9.09 Å². The summed E-state index contributed by atoms with van der Waals surface area (Å²) in [6.45, 7) is 6.27. The summed E-state index contributed by atoms with van der Waals surface area (Å²) in [6, 6.07) is 0. The van der Waals surface area contributed by atoms with Crippen LogP contribution in [0.4, 0.5) is 0 Å². The van der Waals surface area contributed by atoms with Crippen molar-refractivity contribution in [2.24, 2.45) is 5.92 Å². The van der Waals surface area contributed by atoms with Crippen molar-refractivity contribution < 1.29 is 9.09 Å². The Labute approximate surface area is 92.4 Å². The highest BCUT2D eigenvalue weighted by Gasteiger charge is 2.14. The average molecular weight is 238 g/mol. The first-order chi connectivity index (χ1) is 6.48. The monoisotopic (exact) mass is 238 g/mol. The third-order valence-electron chi connectivity index (χ3n) is 1.87. The maximum absolute atomic E-state index is 11.7. The Morgan fingerprint density at radius 2 is 2.00 bits per heavy atom. The lowest BCUT2D eigenvalue weighted by molar-refractivity contribution is 0.350. The van der Waals surface area contributed by atoms with Gasteiger partial charge in [0, 0.05) is 12.4 Å². The fourth-order valence-electron chi connectivity index (χ4n) is 1.16. The van der Waals surface area contributed by atoms with Gasteiger partial charge in [0.25, 0.3) is 6.57 Å². The van der Waals surface area contributed by atoms with Crippen molar-refractivity contribution in [3.05, 3.63) is 0 Å². The minimum absolute atomic E-state index is 0.548. The topological polar surface area (TPSA) is 26.3 Å². The van der Waals surface area contributed by atoms with E-state index in [-0.39, 0.29) is 0 Å². The molecule has 0 aliphatic rings. The van der Waals surface area contributed by atoms with Gasteiger partial charge in [-0.1, -0.05) is 38.1 Å². The molecule has 4 heteroatoms. The molecule has 0 saturated heterocycles. The number of unbranched alkanes of at least 4 members (excludes halogenated alkanes) is 1. The predicted molar refractivity (Wildman–Crippen MR) is 66.3 cm³/mol. The third-order valence-corrected chi connectivity index (χ3v) is 5.80. The van der Waals surface area contributed by atoms with Gasteiger partial charge in [0.05, 0.1) is 6.61 Å². The van der Waals surface area contributed by atoms with Gasteiger partial charge < -0.3 is 4.52 Å². The van der Waals surface area contributed by atoms with Crippen molar-refractivity contribution in [1.82, 2.24) is 0 Å². The number of rotatable bonds is 8. The van der Waals surface area contributed by atoms with Crippen LogP contribution in [0.1, 0.15) is 40.0 Å². The molecular weight excluding hydrogens is 215 g/mol. The molecule has 0 aliphatic carbocycles. The van der Waals surface area contributed by atoms with Crippen LogP contribution in [0.3, 0.4) is 0 Å². The van der Waals surface area contributed by atoms with Gasteiger partial charge in [-0.2, -0.15) is 0 Å². The first kappa shape index (κ1) is 14.5. The Hall–Kier alpha value is 0.540. The molecule has 0 aromatic heterocycles. The average Bonchev–Trinajstić information content (AvgIpc) is 2.02. The Bertz CT molecular complexity index is 183. The van der Waals surface area contributed by atoms with Gasteiger partial charge in [0.2, 0.25) is 0 Å². The van der Waals surface area contributed by atoms with E-state index in [1.807, 2.05) is 6.92 Å². The quantitative estimate of drug-likeness (QED) is 0.463. The van der Waals surface area contributed by atoms with Crippen LogP contribution < -0.4 is 0 Å². The zero-order valence-electron chi connectivity index (χ0n) is 9.78. The molecule has 0 saturated carbocycles. The van der Waals surface area contributed by atoms with Crippen molar-refractivity contribution in [2.75, 3.05) is 19.0 Å². The molecule has 1 atom stereocenters. The fourth-order valence-corrected chi connectivity index (χ4v) is 4.29. The maximum Gasteiger partial charge on any atom is 0.254 e. The van der Waals surface area contributed by atoms with Crippen LogP contribution in [0.5, 0.6) is 0 Å². The van der Waals surface area contributed by atoms with Crippen molar-refractivity contribution in [1.29, 1.82) is 0 Å². The SMILES string of the molecule is CCOP(C)(=O)SCCCCC(C)C. The maximum atomic E-state index is 11.7. The molecule has 2 nitrogen and oxygen atoms in total. The molecular formula is C10H23O2PS. The van der Waals surface area contributed by atoms with Gasteiger partial charge in [-0.3, -0.25) is 4.57 Å². The van der Waals surface area contributed by atoms with Crippen molar-refractivity contribution in [3.8, 4) is 0 Å². The Morgan fingerprint density at radius 1 is 1.36 bits per heavy atom. The van der Waals surface area contributed by atoms with Gasteiger partial charge in [0.1, 0.15) is 0 Å². The lowest BCUT2D eigenvalue weighted by Crippen LogP contribution is -1.89. The van der Waals surface area contributed by atoms with Gasteiger partial charge in [0.15, 0.2) is 0 Å². The molecule has 0 aromatic rings. The highest BCUT2D eigenvalue weighted by molar-refractivity contribution is 8.56. The standard InChI is InChI=1S/C10H23O2PS/c1-5-12-13(4,11)14-9-7-6-8-10(2)3/h10H,5-9H2,1-4H3. The third kappa shape index (κ3) is 9.11. The molecule has 0 fully saturated rings. The molecule has 0 spiro atoms. The van der Waals surface area contributed by atoms with Crippen LogP contribution in [-0.4, -0.2) is 19.0 Å². The lowest BCUT2D eigenvalue weighted by atomic mass is 10.1. The van der Waals surface area contributed by atoms with Gasteiger partial charge in [-0.15, -0.1) is 0 Å². The van der Waals surface area contributed by atoms with Gasteiger partial charge in [-0.25, -0.2) is 0 Å². The van der Waals surface area contributed by atoms with Crippen LogP contribution in [0.2, 0.25) is 0 Å². The minimum Gasteiger partial charge on any atom is -0.322 e. The van der Waals surface area contributed by atoms with E-state index in [0.29, 0.717) is 6.61 Å². The summed E-state index contributed by atoms with van der Waals surface area (Å²) in [5, 5.41) is 0. The molecule has 1 unspecified atom stereocenters. The Kier molecular flexibility index (Phi) is 8.08. The van der Waals surface area contributed by atoms with E-state index in [9.17, 15) is 4.57 Å². The highest BCUT2D eigenvalue weighted by atomic mass is 32.7. The molecule has 0 heterocycles. The smallest absolute Gasteiger partial charge is 0.254 e. The first-order valence-electron chi connectivity index (χ1n) is 5.34. The fraction of sp³-hybridized carbons (Fsp3) is 1.00. The van der Waals surface area contributed by atoms with Crippen LogP contribution in [0.15, 0.2) is 0 Å². The molecule has 86 valence electrons. The molecule has 0 aliphatic heterocycles. The van der Waals surface area contributed by atoms with E-state index >= 15 is 0 Å². The van der Waals surface area contributed by atoms with Crippen molar-refractivity contribution in [3.63, 3.8) is 0 Å². The Morgan fingerprint density at radius 3 is 2.50 bits per heavy atom. The predicted octanol–water partition coefficient (Wildman–Crippen LogP) is 4.41. The van der Waals surface area contributed by atoms with E-state index in [4.69, 9.17) is 4.52 Å². The van der Waals surface area contributed by atoms with Crippen molar-refractivity contribution >= 4 is 18.0 Å². The molecule has 0 amide bonds. The first-order valence-corrected chi connectivity index (χ1v) is 9.01. The normalized spacial score (nSPS) is 15.8. The summed E-state index contributed by atoms with van der Waals surface area (Å²) in [4.78, 5) is 0. The summed E-state index contributed by atoms with van der Waals surface area (Å²) in [6.07, 6.45) is 3.65. The molecule has 0 bridgehead atoms. The van der Waals surface area contributed by atoms with E-state index in [1.54, 1.807) is 6.66 Å². The van der Waals surface area contributed by atoms with E-state index in [1.165, 1.54) is 24.2 Å². The zero-order chi connectivity index (χ0) is 11.0. The van der Waals surface area contributed by atoms with E-state index < -0.39 is 6.57 Å². The van der Waals surface area contributed by atoms with Crippen LogP contribution in [0, 0.1) is 5.92 Å². The van der Waals surface area contributed by atoms with Crippen LogP contribution >= 0.6 is 18.0 Å². The summed E-state index contributed by atoms with van der Waals surface area (Å²) in [7, 11) is 0. The van der Waals surface area contributed by atoms with Gasteiger partial charge in [-0.05, 0) is 19.3 Å². The summed E-state index contributed by atoms with van der Waals surface area (Å²) < 4.78 is 16.8. The summed E-state index contributed by atoms with van der Waals surface area (Å²) >= 11 is 1.49. The van der Waals surface area contributed by atoms with Gasteiger partial charge >= 0.3 is 0 Å². The highest BCUT2D eigenvalue weighted by Crippen LogP contribution is 2.56. The second-order valence-corrected chi connectivity index (χ2v) is 9.14. The van der Waals surface area contributed by atoms with Crippen molar-refractivity contribution in [2.45, 2.75) is 40.0 Å². The summed E-state index contributed by atoms with van der Waals surface area (Å²) in [5.74, 6) is 1.74. The second kappa shape index (κ2) is 7.78. The molecule has 0 aromatic carbocycles. The molecule has 14 heavy (non-hydrogen) atoms. The summed E-state index contributed by atoms with van der Waals surface area (Å²) in [5.41, 5.74) is 0. The largest absolute Gasteiger partial charge is 0.322 e. The lowest BCUT2D eigenvalue weighted by Gasteiger charge is -2.11. The minimum atomic E-state index is -2.34. The second-order valence-electron chi connectivity index (χ2n) is 3.91. The molecule has 0 rings (SSSR count). The zero-order valence-corrected chi connectivity index (χ0v) is 11.5. The number of hydrogen-bond acceptors (Lipinski definition) is 3. The van der Waals surface area contributed by atoms with Crippen LogP contribution in [0.25, 0.3) is 0 Å². The molecule has 0 radical (unpaired) electrons.